The van der Waals surface area contributed by atoms with Crippen molar-refractivity contribution in [2.75, 3.05) is 12.3 Å². The second-order valence-electron chi connectivity index (χ2n) is 5.63. The second-order valence-corrected chi connectivity index (χ2v) is 7.74. The Balaban J connectivity index is 1.79. The minimum absolute atomic E-state index is 0.699. The number of thioether (sulfide) groups is 1. The van der Waals surface area contributed by atoms with Gasteiger partial charge in [0.1, 0.15) is 0 Å². The van der Waals surface area contributed by atoms with E-state index in [0.29, 0.717) is 5.92 Å². The predicted molar refractivity (Wildman–Crippen MR) is 94.3 cm³/mol. The van der Waals surface area contributed by atoms with Crippen molar-refractivity contribution >= 4 is 23.1 Å². The van der Waals surface area contributed by atoms with Crippen LogP contribution in [-0.4, -0.2) is 17.3 Å². The van der Waals surface area contributed by atoms with Crippen molar-refractivity contribution in [1.82, 2.24) is 10.3 Å². The highest BCUT2D eigenvalue weighted by Gasteiger charge is 2.02. The Labute approximate surface area is 136 Å². The number of aromatic nitrogens is 1. The van der Waals surface area contributed by atoms with Gasteiger partial charge in [-0.15, -0.1) is 23.1 Å². The molecule has 0 unspecified atom stereocenters. The first-order valence-corrected chi connectivity index (χ1v) is 9.33. The van der Waals surface area contributed by atoms with Gasteiger partial charge in [-0.1, -0.05) is 26.0 Å². The van der Waals surface area contributed by atoms with Gasteiger partial charge in [-0.2, -0.15) is 0 Å². The van der Waals surface area contributed by atoms with E-state index in [-0.39, 0.29) is 0 Å². The molecule has 0 aliphatic heterocycles. The topological polar surface area (TPSA) is 24.9 Å². The van der Waals surface area contributed by atoms with Gasteiger partial charge < -0.3 is 5.32 Å². The van der Waals surface area contributed by atoms with E-state index in [1.807, 2.05) is 17.3 Å². The molecule has 2 aromatic rings. The number of hydrogen-bond donors (Lipinski definition) is 1. The van der Waals surface area contributed by atoms with Gasteiger partial charge in [0, 0.05) is 22.1 Å². The minimum atomic E-state index is 0.699. The predicted octanol–water partition coefficient (Wildman–Crippen LogP) is 4.53. The smallest absolute Gasteiger partial charge is 0.0797 e. The van der Waals surface area contributed by atoms with Gasteiger partial charge in [0.25, 0.3) is 0 Å². The van der Waals surface area contributed by atoms with Gasteiger partial charge >= 0.3 is 0 Å². The number of thiazole rings is 1. The molecule has 0 saturated heterocycles. The summed E-state index contributed by atoms with van der Waals surface area (Å²) in [5, 5.41) is 3.50. The van der Waals surface area contributed by atoms with Crippen LogP contribution in [-0.2, 0) is 13.0 Å². The van der Waals surface area contributed by atoms with E-state index in [1.54, 1.807) is 11.3 Å². The number of aryl methyl sites for hydroxylation is 2. The summed E-state index contributed by atoms with van der Waals surface area (Å²) in [7, 11) is 0. The molecule has 1 aromatic heterocycles. The van der Waals surface area contributed by atoms with E-state index in [2.05, 4.69) is 55.3 Å². The van der Waals surface area contributed by atoms with Crippen LogP contribution in [0.4, 0.5) is 0 Å². The van der Waals surface area contributed by atoms with Crippen LogP contribution in [0.2, 0.25) is 0 Å². The van der Waals surface area contributed by atoms with Crippen molar-refractivity contribution in [3.8, 4) is 0 Å². The highest BCUT2D eigenvalue weighted by atomic mass is 32.2. The number of rotatable bonds is 8. The van der Waals surface area contributed by atoms with E-state index >= 15 is 0 Å². The summed E-state index contributed by atoms with van der Waals surface area (Å²) in [6, 6.07) is 8.87. The first-order chi connectivity index (χ1) is 10.1. The first-order valence-electron chi connectivity index (χ1n) is 7.46. The fourth-order valence-electron chi connectivity index (χ4n) is 2.08. The third-order valence-electron chi connectivity index (χ3n) is 3.22. The summed E-state index contributed by atoms with van der Waals surface area (Å²) >= 11 is 3.70. The minimum Gasteiger partial charge on any atom is -0.312 e. The Morgan fingerprint density at radius 1 is 1.33 bits per heavy atom. The third kappa shape index (κ3) is 5.81. The quantitative estimate of drug-likeness (QED) is 0.723. The van der Waals surface area contributed by atoms with Crippen LogP contribution in [0.5, 0.6) is 0 Å². The van der Waals surface area contributed by atoms with Gasteiger partial charge in [-0.05, 0) is 43.5 Å². The van der Waals surface area contributed by atoms with Crippen LogP contribution in [0.25, 0.3) is 0 Å². The molecule has 2 rings (SSSR count). The molecule has 0 atom stereocenters. The summed E-state index contributed by atoms with van der Waals surface area (Å²) in [6.07, 6.45) is 1.11. The lowest BCUT2D eigenvalue weighted by Gasteiger charge is -2.08. The summed E-state index contributed by atoms with van der Waals surface area (Å²) in [5.74, 6) is 1.82. The summed E-state index contributed by atoms with van der Waals surface area (Å²) < 4.78 is 0. The zero-order valence-corrected chi connectivity index (χ0v) is 14.7. The number of nitrogens with one attached hydrogen (secondary N) is 1. The van der Waals surface area contributed by atoms with Crippen molar-refractivity contribution in [2.45, 2.75) is 38.6 Å². The van der Waals surface area contributed by atoms with Gasteiger partial charge in [0.05, 0.1) is 11.2 Å². The highest BCUT2D eigenvalue weighted by molar-refractivity contribution is 7.99. The Kier molecular flexibility index (Phi) is 6.74. The van der Waals surface area contributed by atoms with Crippen LogP contribution in [0.15, 0.2) is 34.7 Å². The molecular formula is C17H24N2S2. The Bertz CT molecular complexity index is 549. The van der Waals surface area contributed by atoms with Crippen molar-refractivity contribution in [3.63, 3.8) is 0 Å². The van der Waals surface area contributed by atoms with Crippen LogP contribution in [0, 0.1) is 12.8 Å². The molecule has 114 valence electrons. The lowest BCUT2D eigenvalue weighted by Crippen LogP contribution is -2.18. The molecule has 1 heterocycles. The molecule has 2 nitrogen and oxygen atoms in total. The summed E-state index contributed by atoms with van der Waals surface area (Å²) in [4.78, 5) is 7.08. The Hall–Kier alpha value is -0.840. The zero-order valence-electron chi connectivity index (χ0n) is 13.1. The maximum absolute atomic E-state index is 4.31. The third-order valence-corrected chi connectivity index (χ3v) is 5.21. The number of benzene rings is 1. The molecule has 0 fully saturated rings. The first kappa shape index (κ1) is 16.5. The average molecular weight is 321 g/mol. The van der Waals surface area contributed by atoms with Crippen molar-refractivity contribution < 1.29 is 0 Å². The Morgan fingerprint density at radius 3 is 2.90 bits per heavy atom. The second kappa shape index (κ2) is 8.57. The van der Waals surface area contributed by atoms with Crippen LogP contribution < -0.4 is 5.32 Å². The fraction of sp³-hybridized carbons (Fsp3) is 0.471. The molecule has 1 N–H and O–H groups in total. The maximum atomic E-state index is 4.31. The molecular weight excluding hydrogens is 296 g/mol. The van der Waals surface area contributed by atoms with Gasteiger partial charge in [0.15, 0.2) is 0 Å². The Morgan fingerprint density at radius 2 is 2.19 bits per heavy atom. The van der Waals surface area contributed by atoms with Crippen molar-refractivity contribution in [2.24, 2.45) is 5.92 Å². The lowest BCUT2D eigenvalue weighted by molar-refractivity contribution is 0.552. The van der Waals surface area contributed by atoms with E-state index in [4.69, 9.17) is 0 Å². The summed E-state index contributed by atoms with van der Waals surface area (Å²) in [6.45, 7) is 8.60. The monoisotopic (exact) mass is 320 g/mol. The van der Waals surface area contributed by atoms with Crippen molar-refractivity contribution in [3.05, 3.63) is 45.9 Å². The molecule has 0 radical (unpaired) electrons. The van der Waals surface area contributed by atoms with Gasteiger partial charge in [-0.25, -0.2) is 4.98 Å². The van der Waals surface area contributed by atoms with E-state index < -0.39 is 0 Å². The lowest BCUT2D eigenvalue weighted by atomic mass is 10.2. The maximum Gasteiger partial charge on any atom is 0.0797 e. The van der Waals surface area contributed by atoms with Gasteiger partial charge in [0.2, 0.25) is 0 Å². The molecule has 21 heavy (non-hydrogen) atoms. The highest BCUT2D eigenvalue weighted by Crippen LogP contribution is 2.22. The molecule has 0 aliphatic rings. The van der Waals surface area contributed by atoms with Crippen LogP contribution in [0.3, 0.4) is 0 Å². The van der Waals surface area contributed by atoms with Crippen molar-refractivity contribution in [1.29, 1.82) is 0 Å². The SMILES string of the molecule is Cc1ncsc1CCSc1cccc(CNCC(C)C)c1. The number of hydrogen-bond acceptors (Lipinski definition) is 4. The standard InChI is InChI=1S/C17H24N2S2/c1-13(2)10-18-11-15-5-4-6-16(9-15)20-8-7-17-14(3)19-12-21-17/h4-6,9,12-13,18H,7-8,10-11H2,1-3H3. The van der Waals surface area contributed by atoms with Crippen LogP contribution in [0.1, 0.15) is 30.0 Å². The molecule has 0 aliphatic carbocycles. The normalized spacial score (nSPS) is 11.2. The molecule has 0 spiro atoms. The fourth-order valence-corrected chi connectivity index (χ4v) is 3.94. The number of nitrogens with zero attached hydrogens (tertiary/aromatic N) is 1. The summed E-state index contributed by atoms with van der Waals surface area (Å²) in [5.41, 5.74) is 4.50. The molecule has 4 heteroatoms. The van der Waals surface area contributed by atoms with E-state index in [9.17, 15) is 0 Å². The molecule has 0 bridgehead atoms. The molecule has 1 aromatic carbocycles. The van der Waals surface area contributed by atoms with Crippen LogP contribution >= 0.6 is 23.1 Å². The van der Waals surface area contributed by atoms with E-state index in [1.165, 1.54) is 21.0 Å². The average Bonchev–Trinajstić information content (AvgIpc) is 2.85. The van der Waals surface area contributed by atoms with Gasteiger partial charge in [-0.3, -0.25) is 0 Å². The zero-order chi connectivity index (χ0) is 15.1. The largest absolute Gasteiger partial charge is 0.312 e. The molecule has 0 amide bonds. The molecule has 0 saturated carbocycles. The van der Waals surface area contributed by atoms with E-state index in [0.717, 1.165) is 25.3 Å².